The van der Waals surface area contributed by atoms with E-state index in [4.69, 9.17) is 4.74 Å². The van der Waals surface area contributed by atoms with Gasteiger partial charge < -0.3 is 25.6 Å². The molecule has 0 amide bonds. The van der Waals surface area contributed by atoms with Crippen molar-refractivity contribution in [2.45, 2.75) is 19.4 Å². The second kappa shape index (κ2) is 6.31. The van der Waals surface area contributed by atoms with Gasteiger partial charge in [0.25, 0.3) is 0 Å². The maximum atomic E-state index is 9.21. The predicted octanol–water partition coefficient (Wildman–Crippen LogP) is -0.533. The molecule has 0 aliphatic carbocycles. The fourth-order valence-corrected chi connectivity index (χ4v) is 1.14. The Kier molecular flexibility index (Phi) is 5.05. The molecule has 1 heterocycles. The Morgan fingerprint density at radius 1 is 1.17 bits per heavy atom. The maximum absolute atomic E-state index is 9.21. The van der Waals surface area contributed by atoms with Crippen LogP contribution in [-0.4, -0.2) is 57.6 Å². The maximum Gasteiger partial charge on any atom is 0.322 e. The number of aromatic nitrogens is 3. The molecule has 1 aromatic rings. The van der Waals surface area contributed by atoms with Crippen LogP contribution in [0.1, 0.15) is 13.8 Å². The van der Waals surface area contributed by atoms with Crippen molar-refractivity contribution in [3.8, 4) is 6.01 Å². The van der Waals surface area contributed by atoms with Crippen molar-refractivity contribution in [1.82, 2.24) is 15.0 Å². The first kappa shape index (κ1) is 14.4. The van der Waals surface area contributed by atoms with E-state index in [1.807, 2.05) is 6.92 Å². The first-order valence-electron chi connectivity index (χ1n) is 5.60. The molecule has 8 heteroatoms. The lowest BCUT2D eigenvalue weighted by Crippen LogP contribution is -2.43. The Morgan fingerprint density at radius 3 is 2.28 bits per heavy atom. The fraction of sp³-hybridized carbons (Fsp3) is 0.700. The molecule has 0 aliphatic heterocycles. The quantitative estimate of drug-likeness (QED) is 0.515. The zero-order chi connectivity index (χ0) is 13.6. The number of aliphatic hydroxyl groups is 2. The van der Waals surface area contributed by atoms with Gasteiger partial charge in [-0.2, -0.15) is 15.0 Å². The van der Waals surface area contributed by atoms with Crippen LogP contribution in [-0.2, 0) is 0 Å². The Morgan fingerprint density at radius 2 is 1.78 bits per heavy atom. The summed E-state index contributed by atoms with van der Waals surface area (Å²) in [5.41, 5.74) is -0.907. The van der Waals surface area contributed by atoms with Crippen LogP contribution in [0.5, 0.6) is 6.01 Å². The molecule has 4 N–H and O–H groups in total. The molecule has 0 bridgehead atoms. The number of nitrogens with zero attached hydrogens (tertiary/aromatic N) is 3. The smallest absolute Gasteiger partial charge is 0.322 e. The van der Waals surface area contributed by atoms with Crippen LogP contribution in [0, 0.1) is 0 Å². The Bertz CT molecular complexity index is 384. The number of hydrogen-bond acceptors (Lipinski definition) is 8. The molecule has 0 aromatic carbocycles. The molecule has 8 nitrogen and oxygen atoms in total. The Labute approximate surface area is 105 Å². The molecule has 0 fully saturated rings. The first-order valence-corrected chi connectivity index (χ1v) is 5.60. The summed E-state index contributed by atoms with van der Waals surface area (Å²) >= 11 is 0. The van der Waals surface area contributed by atoms with E-state index in [2.05, 4.69) is 25.6 Å². The van der Waals surface area contributed by atoms with Gasteiger partial charge >= 0.3 is 6.01 Å². The Hall–Kier alpha value is -1.67. The van der Waals surface area contributed by atoms with Crippen LogP contribution >= 0.6 is 0 Å². The van der Waals surface area contributed by atoms with Gasteiger partial charge in [0.1, 0.15) is 0 Å². The van der Waals surface area contributed by atoms with Crippen molar-refractivity contribution in [1.29, 1.82) is 0 Å². The molecule has 0 atom stereocenters. The van der Waals surface area contributed by atoms with Gasteiger partial charge in [-0.15, -0.1) is 0 Å². The first-order chi connectivity index (χ1) is 8.56. The Balaban J connectivity index is 2.96. The summed E-state index contributed by atoms with van der Waals surface area (Å²) < 4.78 is 4.96. The highest BCUT2D eigenvalue weighted by atomic mass is 16.5. The second-order valence-corrected chi connectivity index (χ2v) is 4.00. The molecule has 1 aromatic heterocycles. The van der Waals surface area contributed by atoms with Gasteiger partial charge in [-0.3, -0.25) is 0 Å². The molecule has 0 unspecified atom stereocenters. The van der Waals surface area contributed by atoms with Crippen molar-refractivity contribution >= 4 is 11.9 Å². The van der Waals surface area contributed by atoms with E-state index in [0.717, 1.165) is 0 Å². The second-order valence-electron chi connectivity index (χ2n) is 4.00. The summed E-state index contributed by atoms with van der Waals surface area (Å²) in [6.07, 6.45) is 0. The fourth-order valence-electron chi connectivity index (χ4n) is 1.14. The largest absolute Gasteiger partial charge is 0.467 e. The molecular weight excluding hydrogens is 238 g/mol. The van der Waals surface area contributed by atoms with E-state index in [-0.39, 0.29) is 25.2 Å². The normalized spacial score (nSPS) is 11.2. The minimum absolute atomic E-state index is 0.154. The number of methoxy groups -OCH3 is 1. The van der Waals surface area contributed by atoms with Crippen LogP contribution in [0.4, 0.5) is 11.9 Å². The van der Waals surface area contributed by atoms with Crippen LogP contribution < -0.4 is 15.4 Å². The highest BCUT2D eigenvalue weighted by molar-refractivity contribution is 5.37. The summed E-state index contributed by atoms with van der Waals surface area (Å²) in [5.74, 6) is 0.591. The van der Waals surface area contributed by atoms with Crippen molar-refractivity contribution in [2.24, 2.45) is 0 Å². The van der Waals surface area contributed by atoms with Gasteiger partial charge in [-0.05, 0) is 13.8 Å². The average Bonchev–Trinajstić information content (AvgIpc) is 2.38. The summed E-state index contributed by atoms with van der Waals surface area (Å²) in [5, 5.41) is 24.2. The summed E-state index contributed by atoms with van der Waals surface area (Å²) in [4.78, 5) is 12.1. The highest BCUT2D eigenvalue weighted by Gasteiger charge is 2.23. The minimum atomic E-state index is -0.907. The van der Waals surface area contributed by atoms with Gasteiger partial charge in [0.05, 0.1) is 25.9 Å². The van der Waals surface area contributed by atoms with E-state index >= 15 is 0 Å². The zero-order valence-electron chi connectivity index (χ0n) is 10.8. The lowest BCUT2D eigenvalue weighted by molar-refractivity contribution is 0.147. The molecule has 0 spiro atoms. The van der Waals surface area contributed by atoms with Crippen LogP contribution in [0.25, 0.3) is 0 Å². The lowest BCUT2D eigenvalue weighted by atomic mass is 10.1. The third-order valence-corrected chi connectivity index (χ3v) is 2.24. The van der Waals surface area contributed by atoms with Gasteiger partial charge in [-0.1, -0.05) is 0 Å². The predicted molar refractivity (Wildman–Crippen MR) is 66.7 cm³/mol. The number of aliphatic hydroxyl groups excluding tert-OH is 2. The third-order valence-electron chi connectivity index (χ3n) is 2.24. The van der Waals surface area contributed by atoms with Gasteiger partial charge in [-0.25, -0.2) is 0 Å². The molecule has 0 saturated carbocycles. The lowest BCUT2D eigenvalue weighted by Gasteiger charge is -2.26. The number of ether oxygens (including phenoxy) is 1. The number of nitrogens with one attached hydrogen (secondary N) is 2. The van der Waals surface area contributed by atoms with Crippen molar-refractivity contribution in [3.63, 3.8) is 0 Å². The topological polar surface area (TPSA) is 112 Å². The SMILES string of the molecule is CCNc1nc(NC(C)(CO)CO)nc(OC)n1. The zero-order valence-corrected chi connectivity index (χ0v) is 10.8. The molecule has 0 saturated heterocycles. The third kappa shape index (κ3) is 3.67. The standard InChI is InChI=1S/C10H19N5O3/c1-4-11-7-12-8(14-9(13-7)18-3)15-10(2,5-16)6-17/h16-17H,4-6H2,1-3H3,(H2,11,12,13,14,15). The number of rotatable bonds is 7. The molecule has 0 radical (unpaired) electrons. The summed E-state index contributed by atoms with van der Waals surface area (Å²) in [6, 6.07) is 0.154. The van der Waals surface area contributed by atoms with E-state index < -0.39 is 5.54 Å². The summed E-state index contributed by atoms with van der Waals surface area (Å²) in [7, 11) is 1.45. The monoisotopic (exact) mass is 257 g/mol. The van der Waals surface area contributed by atoms with E-state index in [0.29, 0.717) is 12.5 Å². The van der Waals surface area contributed by atoms with Crippen molar-refractivity contribution in [2.75, 3.05) is 37.5 Å². The van der Waals surface area contributed by atoms with Gasteiger partial charge in [0.15, 0.2) is 0 Å². The van der Waals surface area contributed by atoms with Crippen LogP contribution in [0.15, 0.2) is 0 Å². The minimum Gasteiger partial charge on any atom is -0.467 e. The highest BCUT2D eigenvalue weighted by Crippen LogP contribution is 2.15. The van der Waals surface area contributed by atoms with Crippen molar-refractivity contribution in [3.05, 3.63) is 0 Å². The molecule has 1 rings (SSSR count). The van der Waals surface area contributed by atoms with E-state index in [1.54, 1.807) is 6.92 Å². The summed E-state index contributed by atoms with van der Waals surface area (Å²) in [6.45, 7) is 3.71. The van der Waals surface area contributed by atoms with Gasteiger partial charge in [0, 0.05) is 6.54 Å². The molecular formula is C10H19N5O3. The molecule has 0 aliphatic rings. The molecule has 102 valence electrons. The molecule has 18 heavy (non-hydrogen) atoms. The van der Waals surface area contributed by atoms with Crippen LogP contribution in [0.2, 0.25) is 0 Å². The van der Waals surface area contributed by atoms with E-state index in [1.165, 1.54) is 7.11 Å². The number of anilines is 2. The van der Waals surface area contributed by atoms with Crippen LogP contribution in [0.3, 0.4) is 0 Å². The average molecular weight is 257 g/mol. The van der Waals surface area contributed by atoms with Gasteiger partial charge in [0.2, 0.25) is 11.9 Å². The van der Waals surface area contributed by atoms with E-state index in [9.17, 15) is 10.2 Å². The number of hydrogen-bond donors (Lipinski definition) is 4. The van der Waals surface area contributed by atoms with Crippen molar-refractivity contribution < 1.29 is 14.9 Å².